The molecule has 0 aliphatic carbocycles. The highest BCUT2D eigenvalue weighted by atomic mass is 35.5. The fourth-order valence-corrected chi connectivity index (χ4v) is 4.80. The van der Waals surface area contributed by atoms with E-state index in [0.717, 1.165) is 11.0 Å². The molecular formula is C23H20Cl2FN3O5. The molecule has 2 unspecified atom stereocenters. The maximum atomic E-state index is 14.3. The monoisotopic (exact) mass is 507 g/mol. The summed E-state index contributed by atoms with van der Waals surface area (Å²) in [7, 11) is 0. The van der Waals surface area contributed by atoms with E-state index < -0.39 is 53.2 Å². The first-order valence-electron chi connectivity index (χ1n) is 10.2. The lowest BCUT2D eigenvalue weighted by Gasteiger charge is -2.35. The first-order chi connectivity index (χ1) is 15.8. The van der Waals surface area contributed by atoms with Crippen molar-refractivity contribution in [1.29, 1.82) is 0 Å². The van der Waals surface area contributed by atoms with Crippen molar-refractivity contribution in [3.8, 4) is 0 Å². The van der Waals surface area contributed by atoms with Crippen LogP contribution in [0.3, 0.4) is 0 Å². The highest BCUT2D eigenvalue weighted by Gasteiger charge is 2.66. The summed E-state index contributed by atoms with van der Waals surface area (Å²) in [5.74, 6) is -3.87. The number of aliphatic carboxylic acids is 1. The van der Waals surface area contributed by atoms with Gasteiger partial charge >= 0.3 is 12.0 Å². The normalized spacial score (nSPS) is 20.7. The molecule has 34 heavy (non-hydrogen) atoms. The van der Waals surface area contributed by atoms with Crippen LogP contribution in [0.4, 0.5) is 14.9 Å². The summed E-state index contributed by atoms with van der Waals surface area (Å²) in [4.78, 5) is 54.3. The number of anilines is 1. The van der Waals surface area contributed by atoms with Gasteiger partial charge in [-0.15, -0.1) is 0 Å². The van der Waals surface area contributed by atoms with Crippen LogP contribution in [-0.2, 0) is 26.5 Å². The van der Waals surface area contributed by atoms with Gasteiger partial charge in [-0.25, -0.2) is 14.0 Å². The Balaban J connectivity index is 1.85. The van der Waals surface area contributed by atoms with E-state index in [2.05, 4.69) is 5.32 Å². The number of urea groups is 1. The van der Waals surface area contributed by atoms with E-state index >= 15 is 0 Å². The second-order valence-electron chi connectivity index (χ2n) is 9.25. The second-order valence-corrected chi connectivity index (χ2v) is 10.1. The molecule has 4 amide bonds. The zero-order valence-corrected chi connectivity index (χ0v) is 19.9. The molecule has 8 nitrogen and oxygen atoms in total. The Morgan fingerprint density at radius 3 is 2.32 bits per heavy atom. The Bertz CT molecular complexity index is 1260. The summed E-state index contributed by atoms with van der Waals surface area (Å²) in [6, 6.07) is 5.64. The highest BCUT2D eigenvalue weighted by Crippen LogP contribution is 2.48. The smallest absolute Gasteiger partial charge is 0.327 e. The van der Waals surface area contributed by atoms with Crippen molar-refractivity contribution in [3.05, 3.63) is 63.4 Å². The minimum atomic E-state index is -2.23. The van der Waals surface area contributed by atoms with Crippen LogP contribution in [0.25, 0.3) is 0 Å². The quantitative estimate of drug-likeness (QED) is 0.481. The molecule has 2 aromatic carbocycles. The number of carbonyl (C=O) groups is 4. The first-order valence-corrected chi connectivity index (χ1v) is 11.0. The van der Waals surface area contributed by atoms with Crippen LogP contribution in [-0.4, -0.2) is 39.9 Å². The summed E-state index contributed by atoms with van der Waals surface area (Å²) in [6.45, 7) is 4.44. The van der Waals surface area contributed by atoms with E-state index in [4.69, 9.17) is 23.2 Å². The summed E-state index contributed by atoms with van der Waals surface area (Å²) >= 11 is 12.1. The SMILES string of the molecule is CC(C)(C)C(C(=O)O)N1C(=O)C2(NC(=O)N(Cc3cc(Cl)ccc3F)C2=O)c2cc(Cl)ccc21. The molecule has 1 fully saturated rings. The van der Waals surface area contributed by atoms with E-state index in [1.165, 1.54) is 30.3 Å². The third kappa shape index (κ3) is 3.50. The van der Waals surface area contributed by atoms with E-state index in [0.29, 0.717) is 4.90 Å². The predicted molar refractivity (Wildman–Crippen MR) is 122 cm³/mol. The van der Waals surface area contributed by atoms with E-state index in [1.807, 2.05) is 0 Å². The number of carboxylic acids is 1. The lowest BCUT2D eigenvalue weighted by atomic mass is 9.85. The van der Waals surface area contributed by atoms with Gasteiger partial charge in [0.2, 0.25) is 5.54 Å². The minimum absolute atomic E-state index is 0.0280. The van der Waals surface area contributed by atoms with Crippen LogP contribution >= 0.6 is 23.2 Å². The molecule has 2 atom stereocenters. The number of imide groups is 1. The summed E-state index contributed by atoms with van der Waals surface area (Å²) < 4.78 is 14.3. The Morgan fingerprint density at radius 1 is 1.09 bits per heavy atom. The molecule has 11 heteroatoms. The number of nitrogens with one attached hydrogen (secondary N) is 1. The van der Waals surface area contributed by atoms with Gasteiger partial charge in [0, 0.05) is 21.2 Å². The molecule has 0 radical (unpaired) electrons. The molecular weight excluding hydrogens is 488 g/mol. The largest absolute Gasteiger partial charge is 0.480 e. The Kier molecular flexibility index (Phi) is 5.61. The maximum absolute atomic E-state index is 14.3. The van der Waals surface area contributed by atoms with Crippen molar-refractivity contribution < 1.29 is 28.7 Å². The second kappa shape index (κ2) is 7.95. The molecule has 178 valence electrons. The summed E-state index contributed by atoms with van der Waals surface area (Å²) in [5, 5.41) is 12.8. The molecule has 2 N–H and O–H groups in total. The molecule has 2 aliphatic rings. The predicted octanol–water partition coefficient (Wildman–Crippen LogP) is 3.93. The van der Waals surface area contributed by atoms with Crippen molar-refractivity contribution in [2.75, 3.05) is 4.90 Å². The van der Waals surface area contributed by atoms with Crippen molar-refractivity contribution in [2.24, 2.45) is 5.41 Å². The zero-order valence-electron chi connectivity index (χ0n) is 18.4. The maximum Gasteiger partial charge on any atom is 0.327 e. The Morgan fingerprint density at radius 2 is 1.71 bits per heavy atom. The Labute approximate surface area is 204 Å². The van der Waals surface area contributed by atoms with Gasteiger partial charge in [0.25, 0.3) is 11.8 Å². The number of carbonyl (C=O) groups excluding carboxylic acids is 3. The van der Waals surface area contributed by atoms with E-state index in [1.54, 1.807) is 20.8 Å². The van der Waals surface area contributed by atoms with E-state index in [-0.39, 0.29) is 26.9 Å². The summed E-state index contributed by atoms with van der Waals surface area (Å²) in [6.07, 6.45) is 0. The zero-order chi connectivity index (χ0) is 25.2. The molecule has 0 bridgehead atoms. The van der Waals surface area contributed by atoms with Crippen LogP contribution in [0.1, 0.15) is 31.9 Å². The van der Waals surface area contributed by atoms with Crippen LogP contribution in [0.15, 0.2) is 36.4 Å². The standard InChI is InChI=1S/C23H20Cl2FN3O5/c1-22(2,3)17(18(30)31)29-16-7-5-13(25)9-14(16)23(20(29)33)19(32)28(21(34)27-23)10-11-8-12(24)4-6-15(11)26/h4-9,17H,10H2,1-3H3,(H,27,34)(H,30,31). The van der Waals surface area contributed by atoms with Gasteiger partial charge in [-0.05, 0) is 41.8 Å². The molecule has 2 heterocycles. The van der Waals surface area contributed by atoms with Crippen molar-refractivity contribution in [3.63, 3.8) is 0 Å². The molecule has 2 aromatic rings. The fourth-order valence-electron chi connectivity index (χ4n) is 4.43. The van der Waals surface area contributed by atoms with Gasteiger partial charge in [0.15, 0.2) is 0 Å². The van der Waals surface area contributed by atoms with E-state index in [9.17, 15) is 28.7 Å². The van der Waals surface area contributed by atoms with Gasteiger partial charge in [-0.1, -0.05) is 44.0 Å². The fraction of sp³-hybridized carbons (Fsp3) is 0.304. The number of benzene rings is 2. The molecule has 1 saturated heterocycles. The highest BCUT2D eigenvalue weighted by molar-refractivity contribution is 6.33. The third-order valence-electron chi connectivity index (χ3n) is 5.92. The molecule has 4 rings (SSSR count). The number of hydrogen-bond acceptors (Lipinski definition) is 4. The Hall–Kier alpha value is -3.17. The lowest BCUT2D eigenvalue weighted by molar-refractivity contribution is -0.145. The number of halogens is 3. The molecule has 2 aliphatic heterocycles. The minimum Gasteiger partial charge on any atom is -0.480 e. The molecule has 0 aromatic heterocycles. The topological polar surface area (TPSA) is 107 Å². The number of amides is 4. The van der Waals surface area contributed by atoms with Crippen LogP contribution < -0.4 is 10.2 Å². The van der Waals surface area contributed by atoms with Gasteiger partial charge < -0.3 is 10.4 Å². The van der Waals surface area contributed by atoms with Crippen molar-refractivity contribution >= 4 is 52.7 Å². The molecule has 1 spiro atoms. The molecule has 0 saturated carbocycles. The van der Waals surface area contributed by atoms with Gasteiger partial charge in [0.1, 0.15) is 11.9 Å². The van der Waals surface area contributed by atoms with Crippen molar-refractivity contribution in [1.82, 2.24) is 10.2 Å². The number of hydrogen-bond donors (Lipinski definition) is 2. The number of rotatable bonds is 4. The summed E-state index contributed by atoms with van der Waals surface area (Å²) in [5.41, 5.74) is -3.00. The van der Waals surface area contributed by atoms with Crippen LogP contribution in [0, 0.1) is 11.2 Å². The third-order valence-corrected chi connectivity index (χ3v) is 6.39. The van der Waals surface area contributed by atoms with Gasteiger partial charge in [-0.3, -0.25) is 19.4 Å². The average molecular weight is 508 g/mol. The number of carboxylic acid groups (broad SMARTS) is 1. The van der Waals surface area contributed by atoms with Crippen LogP contribution in [0.5, 0.6) is 0 Å². The first kappa shape index (κ1) is 24.0. The van der Waals surface area contributed by atoms with Gasteiger partial charge in [-0.2, -0.15) is 0 Å². The van der Waals surface area contributed by atoms with Crippen molar-refractivity contribution in [2.45, 2.75) is 38.9 Å². The number of nitrogens with zero attached hydrogens (tertiary/aromatic N) is 2. The van der Waals surface area contributed by atoms with Gasteiger partial charge in [0.05, 0.1) is 12.2 Å². The lowest BCUT2D eigenvalue weighted by Crippen LogP contribution is -2.58. The average Bonchev–Trinajstić information content (AvgIpc) is 3.10. The number of fused-ring (bicyclic) bond motifs is 2. The van der Waals surface area contributed by atoms with Crippen LogP contribution in [0.2, 0.25) is 10.0 Å².